The number of nitrogens with one attached hydrogen (secondary N) is 1. The van der Waals surface area contributed by atoms with Crippen LogP contribution >= 0.6 is 11.3 Å². The van der Waals surface area contributed by atoms with Gasteiger partial charge >= 0.3 is 0 Å². The zero-order valence-corrected chi connectivity index (χ0v) is 18.0. The number of fused-ring (bicyclic) bond motifs is 1. The number of hydrogen-bond donors (Lipinski definition) is 1. The Hall–Kier alpha value is -3.71. The monoisotopic (exact) mass is 431 g/mol. The van der Waals surface area contributed by atoms with Crippen molar-refractivity contribution in [2.75, 3.05) is 19.5 Å². The lowest BCUT2D eigenvalue weighted by atomic mass is 10.0. The number of para-hydroxylation sites is 1. The summed E-state index contributed by atoms with van der Waals surface area (Å²) in [6, 6.07) is 15.1. The third kappa shape index (κ3) is 4.27. The molecule has 2 heterocycles. The van der Waals surface area contributed by atoms with E-state index >= 15 is 0 Å². The van der Waals surface area contributed by atoms with E-state index in [1.807, 2.05) is 30.3 Å². The molecule has 0 spiro atoms. The summed E-state index contributed by atoms with van der Waals surface area (Å²) >= 11 is 1.61. The van der Waals surface area contributed by atoms with Crippen molar-refractivity contribution < 1.29 is 14.3 Å². The molecule has 0 saturated carbocycles. The fourth-order valence-corrected chi connectivity index (χ4v) is 4.22. The number of thiazole rings is 1. The first-order chi connectivity index (χ1) is 15.1. The van der Waals surface area contributed by atoms with E-state index in [-0.39, 0.29) is 5.91 Å². The molecular formula is C24H21N3O3S. The first kappa shape index (κ1) is 20.6. The second kappa shape index (κ2) is 8.97. The summed E-state index contributed by atoms with van der Waals surface area (Å²) in [7, 11) is 3.11. The van der Waals surface area contributed by atoms with Crippen LogP contribution in [0.1, 0.15) is 15.9 Å². The molecule has 156 valence electrons. The topological polar surface area (TPSA) is 73.3 Å². The Balaban J connectivity index is 1.56. The van der Waals surface area contributed by atoms with E-state index in [9.17, 15) is 4.79 Å². The highest BCUT2D eigenvalue weighted by Gasteiger charge is 2.16. The van der Waals surface area contributed by atoms with Gasteiger partial charge in [-0.05, 0) is 42.8 Å². The molecule has 31 heavy (non-hydrogen) atoms. The molecule has 1 N–H and O–H groups in total. The first-order valence-electron chi connectivity index (χ1n) is 9.62. The molecule has 0 saturated heterocycles. The van der Waals surface area contributed by atoms with Gasteiger partial charge in [-0.25, -0.2) is 9.97 Å². The molecule has 0 radical (unpaired) electrons. The van der Waals surface area contributed by atoms with Crippen molar-refractivity contribution in [3.63, 3.8) is 0 Å². The summed E-state index contributed by atoms with van der Waals surface area (Å²) in [5.74, 6) is 1.25. The average Bonchev–Trinajstić information content (AvgIpc) is 3.23. The lowest BCUT2D eigenvalue weighted by Gasteiger charge is -2.14. The van der Waals surface area contributed by atoms with Gasteiger partial charge in [-0.15, -0.1) is 17.9 Å². The van der Waals surface area contributed by atoms with Gasteiger partial charge in [0.1, 0.15) is 10.8 Å². The Labute approximate surface area is 184 Å². The predicted molar refractivity (Wildman–Crippen MR) is 124 cm³/mol. The normalized spacial score (nSPS) is 10.6. The number of carbonyl (C=O) groups excluding carboxylic acids is 1. The van der Waals surface area contributed by atoms with Crippen LogP contribution in [0.25, 0.3) is 20.8 Å². The number of benzene rings is 2. The van der Waals surface area contributed by atoms with Crippen LogP contribution in [-0.4, -0.2) is 30.1 Å². The molecule has 2 aromatic heterocycles. The minimum atomic E-state index is -0.286. The first-order valence-corrected chi connectivity index (χ1v) is 10.4. The molecule has 4 aromatic rings. The third-order valence-electron chi connectivity index (χ3n) is 4.73. The van der Waals surface area contributed by atoms with Gasteiger partial charge in [-0.3, -0.25) is 4.79 Å². The van der Waals surface area contributed by atoms with Crippen LogP contribution in [0.4, 0.5) is 5.82 Å². The number of rotatable bonds is 7. The van der Waals surface area contributed by atoms with Crippen LogP contribution in [0, 0.1) is 0 Å². The Bertz CT molecular complexity index is 1220. The van der Waals surface area contributed by atoms with Gasteiger partial charge in [0.05, 0.1) is 24.4 Å². The summed E-state index contributed by atoms with van der Waals surface area (Å²) in [5.41, 5.74) is 3.13. The molecule has 0 bridgehead atoms. The molecule has 6 nitrogen and oxygen atoms in total. The van der Waals surface area contributed by atoms with Gasteiger partial charge < -0.3 is 14.8 Å². The lowest BCUT2D eigenvalue weighted by molar-refractivity contribution is 0.102. The molecule has 0 fully saturated rings. The fourth-order valence-electron chi connectivity index (χ4n) is 3.26. The Kier molecular flexibility index (Phi) is 5.95. The average molecular weight is 432 g/mol. The molecule has 0 unspecified atom stereocenters. The van der Waals surface area contributed by atoms with E-state index in [2.05, 4.69) is 21.9 Å². The molecule has 1 amide bonds. The maximum atomic E-state index is 12.8. The zero-order chi connectivity index (χ0) is 21.8. The van der Waals surface area contributed by atoms with Crippen molar-refractivity contribution in [1.82, 2.24) is 9.97 Å². The summed E-state index contributed by atoms with van der Waals surface area (Å²) in [6.07, 6.45) is 4.02. The van der Waals surface area contributed by atoms with Gasteiger partial charge in [0.25, 0.3) is 5.91 Å². The van der Waals surface area contributed by atoms with Gasteiger partial charge in [-0.1, -0.05) is 18.2 Å². The minimum Gasteiger partial charge on any atom is -0.493 e. The molecule has 7 heteroatoms. The molecule has 2 aromatic carbocycles. The number of amides is 1. The van der Waals surface area contributed by atoms with Gasteiger partial charge in [0.15, 0.2) is 11.5 Å². The zero-order valence-electron chi connectivity index (χ0n) is 17.2. The van der Waals surface area contributed by atoms with Crippen LogP contribution in [0.5, 0.6) is 11.5 Å². The maximum absolute atomic E-state index is 12.8. The van der Waals surface area contributed by atoms with Crippen molar-refractivity contribution in [2.24, 2.45) is 0 Å². The third-order valence-corrected chi connectivity index (χ3v) is 5.81. The van der Waals surface area contributed by atoms with Crippen molar-refractivity contribution in [3.8, 4) is 22.1 Å². The fraction of sp³-hybridized carbons (Fsp3) is 0.125. The van der Waals surface area contributed by atoms with E-state index < -0.39 is 0 Å². The second-order valence-corrected chi connectivity index (χ2v) is 7.77. The Morgan fingerprint density at radius 1 is 1.16 bits per heavy atom. The van der Waals surface area contributed by atoms with E-state index in [1.165, 1.54) is 0 Å². The van der Waals surface area contributed by atoms with E-state index in [0.29, 0.717) is 29.3 Å². The molecule has 0 aliphatic rings. The standard InChI is InChI=1S/C24H21N3O3S/c1-4-7-15-12-17(13-19(29-2)22(15)30-3)23(28)27-21-11-10-16(14-25-21)24-26-18-8-5-6-9-20(18)31-24/h4-6,8-14H,1,7H2,2-3H3,(H,25,27,28). The van der Waals surface area contributed by atoms with Crippen molar-refractivity contribution in [3.05, 3.63) is 78.5 Å². The van der Waals surface area contributed by atoms with Crippen LogP contribution in [0.3, 0.4) is 0 Å². The Morgan fingerprint density at radius 3 is 2.68 bits per heavy atom. The number of pyridine rings is 1. The minimum absolute atomic E-state index is 0.286. The SMILES string of the molecule is C=CCc1cc(C(=O)Nc2ccc(-c3nc4ccccc4s3)cn2)cc(OC)c1OC. The van der Waals surface area contributed by atoms with E-state index in [0.717, 1.165) is 26.4 Å². The highest BCUT2D eigenvalue weighted by Crippen LogP contribution is 2.34. The molecule has 0 aliphatic carbocycles. The summed E-state index contributed by atoms with van der Waals surface area (Å²) in [4.78, 5) is 21.9. The van der Waals surface area contributed by atoms with E-state index in [4.69, 9.17) is 9.47 Å². The van der Waals surface area contributed by atoms with Crippen LogP contribution < -0.4 is 14.8 Å². The largest absolute Gasteiger partial charge is 0.493 e. The molecule has 4 rings (SSSR count). The highest BCUT2D eigenvalue weighted by atomic mass is 32.1. The van der Waals surface area contributed by atoms with Crippen molar-refractivity contribution in [1.29, 1.82) is 0 Å². The van der Waals surface area contributed by atoms with Crippen LogP contribution in [0.2, 0.25) is 0 Å². The lowest BCUT2D eigenvalue weighted by Crippen LogP contribution is -2.14. The second-order valence-electron chi connectivity index (χ2n) is 6.74. The predicted octanol–water partition coefficient (Wildman–Crippen LogP) is 5.36. The van der Waals surface area contributed by atoms with E-state index in [1.54, 1.807) is 56.0 Å². The summed E-state index contributed by atoms with van der Waals surface area (Å²) in [6.45, 7) is 3.76. The number of anilines is 1. The number of ether oxygens (including phenoxy) is 2. The van der Waals surface area contributed by atoms with Gasteiger partial charge in [-0.2, -0.15) is 0 Å². The number of nitrogens with zero attached hydrogens (tertiary/aromatic N) is 2. The summed E-state index contributed by atoms with van der Waals surface area (Å²) < 4.78 is 11.9. The van der Waals surface area contributed by atoms with Crippen molar-refractivity contribution >= 4 is 33.3 Å². The number of carbonyl (C=O) groups is 1. The molecule has 0 aliphatic heterocycles. The van der Waals surface area contributed by atoms with Crippen LogP contribution in [-0.2, 0) is 6.42 Å². The van der Waals surface area contributed by atoms with Gasteiger partial charge in [0.2, 0.25) is 0 Å². The van der Waals surface area contributed by atoms with Crippen LogP contribution in [0.15, 0.2) is 67.4 Å². The Morgan fingerprint density at radius 2 is 2.00 bits per heavy atom. The quantitative estimate of drug-likeness (QED) is 0.399. The maximum Gasteiger partial charge on any atom is 0.256 e. The number of allylic oxidation sites excluding steroid dienone is 1. The highest BCUT2D eigenvalue weighted by molar-refractivity contribution is 7.21. The van der Waals surface area contributed by atoms with Crippen molar-refractivity contribution in [2.45, 2.75) is 6.42 Å². The number of methoxy groups -OCH3 is 2. The summed E-state index contributed by atoms with van der Waals surface area (Å²) in [5, 5.41) is 3.72. The molecular weight excluding hydrogens is 410 g/mol. The number of aromatic nitrogens is 2. The smallest absolute Gasteiger partial charge is 0.256 e. The van der Waals surface area contributed by atoms with Gasteiger partial charge in [0, 0.05) is 22.9 Å². The molecule has 0 atom stereocenters. The number of hydrogen-bond acceptors (Lipinski definition) is 6.